The van der Waals surface area contributed by atoms with Crippen LogP contribution in [0.2, 0.25) is 0 Å². The maximum Gasteiger partial charge on any atom is 0.263 e. The molecule has 3 amide bonds. The van der Waals surface area contributed by atoms with E-state index in [1.54, 1.807) is 6.92 Å². The van der Waals surface area contributed by atoms with E-state index in [1.165, 1.54) is 18.8 Å². The third-order valence-corrected chi connectivity index (χ3v) is 5.26. The van der Waals surface area contributed by atoms with Gasteiger partial charge in [0.05, 0.1) is 37.5 Å². The monoisotopic (exact) mass is 440 g/mol. The normalized spacial score (nSPS) is 19.6. The van der Waals surface area contributed by atoms with Crippen LogP contribution in [-0.4, -0.2) is 73.0 Å². The number of thiazole rings is 1. The number of carbonyl (C=O) groups excluding carboxylic acids is 4. The Morgan fingerprint density at radius 1 is 1.27 bits per heavy atom. The molecule has 3 N–H and O–H groups in total. The fourth-order valence-corrected chi connectivity index (χ4v) is 3.29. The zero-order chi connectivity index (χ0) is 22.3. The van der Waals surface area contributed by atoms with Crippen molar-refractivity contribution in [1.82, 2.24) is 20.9 Å². The molecular weight excluding hydrogens is 412 g/mol. The summed E-state index contributed by atoms with van der Waals surface area (Å²) in [6, 6.07) is -1.67. The maximum absolute atomic E-state index is 12.6. The molecule has 0 aromatic carbocycles. The minimum absolute atomic E-state index is 0.0673. The van der Waals surface area contributed by atoms with Gasteiger partial charge in [-0.05, 0) is 19.3 Å². The van der Waals surface area contributed by atoms with Crippen LogP contribution in [0.25, 0.3) is 0 Å². The van der Waals surface area contributed by atoms with Crippen molar-refractivity contribution < 1.29 is 28.7 Å². The summed E-state index contributed by atoms with van der Waals surface area (Å²) in [6.07, 6.45) is 1.86. The fraction of sp³-hybridized carbons (Fsp3) is 0.632. The lowest BCUT2D eigenvalue weighted by atomic mass is 9.93. The Hall–Kier alpha value is -2.37. The summed E-state index contributed by atoms with van der Waals surface area (Å²) >= 11 is 1.14. The van der Waals surface area contributed by atoms with Gasteiger partial charge in [0.2, 0.25) is 11.8 Å². The van der Waals surface area contributed by atoms with E-state index in [0.717, 1.165) is 11.3 Å². The Morgan fingerprint density at radius 3 is 2.50 bits per heavy atom. The number of nitrogens with one attached hydrogen (secondary N) is 3. The van der Waals surface area contributed by atoms with E-state index >= 15 is 0 Å². The lowest BCUT2D eigenvalue weighted by Gasteiger charge is -2.22. The average Bonchev–Trinajstić information content (AvgIpc) is 3.20. The second-order valence-electron chi connectivity index (χ2n) is 7.70. The number of amides is 3. The first-order chi connectivity index (χ1) is 14.2. The van der Waals surface area contributed by atoms with Crippen LogP contribution in [0, 0.1) is 5.92 Å². The molecular formula is C19H28N4O6S. The number of ketones is 1. The van der Waals surface area contributed by atoms with Crippen molar-refractivity contribution >= 4 is 34.8 Å². The molecule has 10 nitrogen and oxygen atoms in total. The third kappa shape index (κ3) is 6.85. The molecule has 166 valence electrons. The van der Waals surface area contributed by atoms with Crippen molar-refractivity contribution in [2.45, 2.75) is 44.9 Å². The Balaban J connectivity index is 1.89. The van der Waals surface area contributed by atoms with E-state index in [4.69, 9.17) is 9.47 Å². The van der Waals surface area contributed by atoms with Crippen LogP contribution in [0.1, 0.15) is 36.9 Å². The molecule has 1 saturated heterocycles. The SMILES string of the molecule is COCC(NC(=O)c1cncs1)C(=O)NCC(=O)NC(CC(C)C)C(=O)C1(C)CO1. The summed E-state index contributed by atoms with van der Waals surface area (Å²) in [5.41, 5.74) is 0.660. The number of carbonyl (C=O) groups is 4. The molecule has 1 fully saturated rings. The third-order valence-electron chi connectivity index (χ3n) is 4.49. The van der Waals surface area contributed by atoms with Gasteiger partial charge in [-0.1, -0.05) is 13.8 Å². The van der Waals surface area contributed by atoms with E-state index in [-0.39, 0.29) is 24.9 Å². The number of epoxide rings is 1. The molecule has 0 radical (unpaired) electrons. The zero-order valence-electron chi connectivity index (χ0n) is 17.5. The summed E-state index contributed by atoms with van der Waals surface area (Å²) < 4.78 is 10.2. The molecule has 3 atom stereocenters. The molecule has 11 heteroatoms. The molecule has 2 rings (SSSR count). The summed E-state index contributed by atoms with van der Waals surface area (Å²) in [5, 5.41) is 7.69. The van der Waals surface area contributed by atoms with E-state index in [1.807, 2.05) is 13.8 Å². The molecule has 1 aromatic heterocycles. The van der Waals surface area contributed by atoms with Crippen molar-refractivity contribution in [3.05, 3.63) is 16.6 Å². The summed E-state index contributed by atoms with van der Waals surface area (Å²) in [4.78, 5) is 53.7. The van der Waals surface area contributed by atoms with Crippen molar-refractivity contribution in [2.75, 3.05) is 26.9 Å². The number of ether oxygens (including phenoxy) is 2. The number of Topliss-reactive ketones (excluding diaryl/α,β-unsaturated/α-hetero) is 1. The Labute approximate surface area is 179 Å². The fourth-order valence-electron chi connectivity index (χ4n) is 2.76. The highest BCUT2D eigenvalue weighted by Crippen LogP contribution is 2.29. The molecule has 1 aromatic rings. The van der Waals surface area contributed by atoms with Gasteiger partial charge in [-0.15, -0.1) is 11.3 Å². The van der Waals surface area contributed by atoms with Gasteiger partial charge in [0.25, 0.3) is 5.91 Å². The van der Waals surface area contributed by atoms with E-state index in [9.17, 15) is 19.2 Å². The lowest BCUT2D eigenvalue weighted by Crippen LogP contribution is -2.53. The predicted molar refractivity (Wildman–Crippen MR) is 109 cm³/mol. The van der Waals surface area contributed by atoms with Gasteiger partial charge in [0.15, 0.2) is 5.78 Å². The summed E-state index contributed by atoms with van der Waals surface area (Å²) in [5.74, 6) is -1.53. The van der Waals surface area contributed by atoms with Crippen LogP contribution in [-0.2, 0) is 23.9 Å². The second kappa shape index (κ2) is 10.6. The van der Waals surface area contributed by atoms with Crippen LogP contribution < -0.4 is 16.0 Å². The molecule has 3 unspecified atom stereocenters. The number of nitrogens with zero attached hydrogens (tertiary/aromatic N) is 1. The number of rotatable bonds is 12. The van der Waals surface area contributed by atoms with Crippen LogP contribution >= 0.6 is 11.3 Å². The molecule has 0 saturated carbocycles. The van der Waals surface area contributed by atoms with Crippen molar-refractivity contribution in [1.29, 1.82) is 0 Å². The van der Waals surface area contributed by atoms with E-state index < -0.39 is 35.4 Å². The molecule has 2 heterocycles. The topological polar surface area (TPSA) is 139 Å². The first kappa shape index (κ1) is 23.9. The molecule has 1 aliphatic heterocycles. The van der Waals surface area contributed by atoms with Crippen molar-refractivity contribution in [3.8, 4) is 0 Å². The highest BCUT2D eigenvalue weighted by molar-refractivity contribution is 7.11. The number of hydrogen-bond donors (Lipinski definition) is 3. The second-order valence-corrected chi connectivity index (χ2v) is 8.58. The molecule has 1 aliphatic rings. The van der Waals surface area contributed by atoms with Gasteiger partial charge < -0.3 is 25.4 Å². The molecule has 0 bridgehead atoms. The van der Waals surface area contributed by atoms with Crippen LogP contribution in [0.3, 0.4) is 0 Å². The van der Waals surface area contributed by atoms with Gasteiger partial charge in [-0.3, -0.25) is 24.2 Å². The predicted octanol–water partition coefficient (Wildman–Crippen LogP) is -0.107. The van der Waals surface area contributed by atoms with Gasteiger partial charge in [-0.25, -0.2) is 0 Å². The number of hydrogen-bond acceptors (Lipinski definition) is 8. The molecule has 0 aliphatic carbocycles. The largest absolute Gasteiger partial charge is 0.382 e. The van der Waals surface area contributed by atoms with Gasteiger partial charge in [0.1, 0.15) is 16.5 Å². The van der Waals surface area contributed by atoms with Gasteiger partial charge >= 0.3 is 0 Å². The first-order valence-electron chi connectivity index (χ1n) is 9.60. The molecule has 30 heavy (non-hydrogen) atoms. The molecule has 0 spiro atoms. The smallest absolute Gasteiger partial charge is 0.263 e. The Morgan fingerprint density at radius 2 is 1.97 bits per heavy atom. The van der Waals surface area contributed by atoms with Crippen molar-refractivity contribution in [2.24, 2.45) is 5.92 Å². The minimum atomic E-state index is -0.982. The average molecular weight is 441 g/mol. The van der Waals surface area contributed by atoms with Crippen LogP contribution in [0.15, 0.2) is 11.7 Å². The first-order valence-corrected chi connectivity index (χ1v) is 10.5. The summed E-state index contributed by atoms with van der Waals surface area (Å²) in [7, 11) is 1.40. The number of methoxy groups -OCH3 is 1. The van der Waals surface area contributed by atoms with Gasteiger partial charge in [0, 0.05) is 7.11 Å². The maximum atomic E-state index is 12.6. The standard InChI is InChI=1S/C19H28N4O6S/c1-11(2)5-12(16(25)19(3)9-29-19)22-15(24)7-21-17(26)13(8-28-4)23-18(27)14-6-20-10-30-14/h6,10-13H,5,7-9H2,1-4H3,(H,21,26)(H,22,24)(H,23,27). The highest BCUT2D eigenvalue weighted by Gasteiger charge is 2.50. The lowest BCUT2D eigenvalue weighted by molar-refractivity contribution is -0.131. The zero-order valence-corrected chi connectivity index (χ0v) is 18.3. The number of aromatic nitrogens is 1. The quantitative estimate of drug-likeness (QED) is 0.386. The minimum Gasteiger partial charge on any atom is -0.382 e. The highest BCUT2D eigenvalue weighted by atomic mass is 32.1. The Kier molecular flexibility index (Phi) is 8.44. The van der Waals surface area contributed by atoms with Crippen LogP contribution in [0.5, 0.6) is 0 Å². The van der Waals surface area contributed by atoms with E-state index in [2.05, 4.69) is 20.9 Å². The van der Waals surface area contributed by atoms with E-state index in [0.29, 0.717) is 17.9 Å². The Bertz CT molecular complexity index is 763. The van der Waals surface area contributed by atoms with Crippen molar-refractivity contribution in [3.63, 3.8) is 0 Å². The summed E-state index contributed by atoms with van der Waals surface area (Å²) in [6.45, 7) is 5.52. The van der Waals surface area contributed by atoms with Gasteiger partial charge in [-0.2, -0.15) is 0 Å². The van der Waals surface area contributed by atoms with Crippen LogP contribution in [0.4, 0.5) is 0 Å².